The second-order valence-corrected chi connectivity index (χ2v) is 10.8. The van der Waals surface area contributed by atoms with Gasteiger partial charge in [0.25, 0.3) is 0 Å². The lowest BCUT2D eigenvalue weighted by Crippen LogP contribution is -2.51. The average Bonchev–Trinajstić information content (AvgIpc) is 3.30. The summed E-state index contributed by atoms with van der Waals surface area (Å²) in [6.07, 6.45) is 6.84. The number of thiophene rings is 1. The number of rotatable bonds is 5. The summed E-state index contributed by atoms with van der Waals surface area (Å²) in [6, 6.07) is 3.01. The number of nitrogens with one attached hydrogen (secondary N) is 1. The van der Waals surface area contributed by atoms with E-state index in [0.29, 0.717) is 29.5 Å². The molecule has 4 rings (SSSR count). The number of nitrogens with zero attached hydrogens (tertiary/aromatic N) is 3. The van der Waals surface area contributed by atoms with Gasteiger partial charge in [0.1, 0.15) is 11.1 Å². The predicted octanol–water partition coefficient (Wildman–Crippen LogP) is 3.88. The first-order valence-corrected chi connectivity index (χ1v) is 12.0. The van der Waals surface area contributed by atoms with Crippen molar-refractivity contribution in [3.63, 3.8) is 0 Å². The second kappa shape index (κ2) is 8.37. The van der Waals surface area contributed by atoms with Gasteiger partial charge in [0.05, 0.1) is 12.1 Å². The zero-order valence-electron chi connectivity index (χ0n) is 18.1. The SMILES string of the molecule is CCC(C)(C)C1CCc2c(sc(NC(=O)CN3CCN4CCCC4C3)c2C#N)C1. The number of anilines is 1. The number of hydrogen-bond donors (Lipinski definition) is 1. The van der Waals surface area contributed by atoms with Gasteiger partial charge in [0.15, 0.2) is 0 Å². The quantitative estimate of drug-likeness (QED) is 0.794. The Balaban J connectivity index is 1.41. The van der Waals surface area contributed by atoms with Gasteiger partial charge in [-0.1, -0.05) is 27.2 Å². The van der Waals surface area contributed by atoms with Crippen LogP contribution in [-0.4, -0.2) is 54.5 Å². The molecule has 1 aliphatic carbocycles. The second-order valence-electron chi connectivity index (χ2n) is 9.72. The first-order valence-electron chi connectivity index (χ1n) is 11.2. The Morgan fingerprint density at radius 2 is 2.14 bits per heavy atom. The molecule has 0 bridgehead atoms. The maximum Gasteiger partial charge on any atom is 0.239 e. The largest absolute Gasteiger partial charge is 0.315 e. The van der Waals surface area contributed by atoms with E-state index in [9.17, 15) is 10.1 Å². The van der Waals surface area contributed by atoms with E-state index < -0.39 is 0 Å². The van der Waals surface area contributed by atoms with E-state index in [1.54, 1.807) is 11.3 Å². The highest BCUT2D eigenvalue weighted by atomic mass is 32.1. The van der Waals surface area contributed by atoms with Crippen LogP contribution in [0.2, 0.25) is 0 Å². The van der Waals surface area contributed by atoms with Gasteiger partial charge in [-0.05, 0) is 55.5 Å². The minimum atomic E-state index is 0.0250. The van der Waals surface area contributed by atoms with Crippen molar-refractivity contribution in [2.75, 3.05) is 38.0 Å². The molecule has 2 fully saturated rings. The molecule has 5 nitrogen and oxygen atoms in total. The topological polar surface area (TPSA) is 59.4 Å². The van der Waals surface area contributed by atoms with Crippen LogP contribution in [-0.2, 0) is 17.6 Å². The summed E-state index contributed by atoms with van der Waals surface area (Å²) < 4.78 is 0. The fraction of sp³-hybridized carbons (Fsp3) is 0.739. The first kappa shape index (κ1) is 20.8. The Morgan fingerprint density at radius 3 is 2.90 bits per heavy atom. The molecule has 0 radical (unpaired) electrons. The van der Waals surface area contributed by atoms with Gasteiger partial charge in [0, 0.05) is 30.6 Å². The van der Waals surface area contributed by atoms with Crippen molar-refractivity contribution in [1.82, 2.24) is 9.80 Å². The van der Waals surface area contributed by atoms with E-state index in [1.807, 2.05) is 0 Å². The van der Waals surface area contributed by atoms with Gasteiger partial charge >= 0.3 is 0 Å². The third kappa shape index (κ3) is 4.23. The zero-order chi connectivity index (χ0) is 20.6. The van der Waals surface area contributed by atoms with Crippen LogP contribution in [0.5, 0.6) is 0 Å². The zero-order valence-corrected chi connectivity index (χ0v) is 18.9. The molecular weight excluding hydrogens is 380 g/mol. The molecule has 2 atom stereocenters. The summed E-state index contributed by atoms with van der Waals surface area (Å²) >= 11 is 1.64. The monoisotopic (exact) mass is 414 g/mol. The van der Waals surface area contributed by atoms with Crippen LogP contribution in [0.3, 0.4) is 0 Å². The van der Waals surface area contributed by atoms with Gasteiger partial charge in [-0.3, -0.25) is 14.6 Å². The van der Waals surface area contributed by atoms with E-state index in [-0.39, 0.29) is 5.91 Å². The molecule has 1 aromatic rings. The summed E-state index contributed by atoms with van der Waals surface area (Å²) in [5.74, 6) is 0.674. The number of piperazine rings is 1. The molecular formula is C23H34N4OS. The Bertz CT molecular complexity index is 809. The Hall–Kier alpha value is -1.42. The molecule has 2 aliphatic heterocycles. The fourth-order valence-corrected chi connectivity index (χ4v) is 6.61. The minimum absolute atomic E-state index is 0.0250. The Kier molecular flexibility index (Phi) is 6.02. The van der Waals surface area contributed by atoms with Crippen LogP contribution in [0, 0.1) is 22.7 Å². The third-order valence-corrected chi connectivity index (χ3v) is 8.85. The lowest BCUT2D eigenvalue weighted by molar-refractivity contribution is -0.117. The number of carbonyl (C=O) groups is 1. The summed E-state index contributed by atoms with van der Waals surface area (Å²) in [7, 11) is 0. The number of hydrogen-bond acceptors (Lipinski definition) is 5. The number of nitriles is 1. The van der Waals surface area contributed by atoms with E-state index in [0.717, 1.165) is 43.9 Å². The van der Waals surface area contributed by atoms with E-state index in [4.69, 9.17) is 0 Å². The van der Waals surface area contributed by atoms with Gasteiger partial charge in [-0.25, -0.2) is 0 Å². The standard InChI is InChI=1S/C23H34N4OS/c1-4-23(2,3)16-7-8-18-19(13-24)22(29-20(18)12-16)25-21(28)15-26-10-11-27-9-5-6-17(27)14-26/h16-17H,4-12,14-15H2,1-3H3,(H,25,28). The molecule has 6 heteroatoms. The maximum atomic E-state index is 12.8. The van der Waals surface area contributed by atoms with Crippen molar-refractivity contribution in [2.45, 2.75) is 65.3 Å². The predicted molar refractivity (Wildman–Crippen MR) is 118 cm³/mol. The molecule has 1 aromatic heterocycles. The summed E-state index contributed by atoms with van der Waals surface area (Å²) in [4.78, 5) is 18.9. The van der Waals surface area contributed by atoms with Crippen molar-refractivity contribution < 1.29 is 4.79 Å². The van der Waals surface area contributed by atoms with Crippen molar-refractivity contribution >= 4 is 22.2 Å². The van der Waals surface area contributed by atoms with E-state index in [1.165, 1.54) is 36.2 Å². The highest BCUT2D eigenvalue weighted by Gasteiger charge is 2.34. The molecule has 0 spiro atoms. The number of amides is 1. The summed E-state index contributed by atoms with van der Waals surface area (Å²) in [5, 5.41) is 13.6. The highest BCUT2D eigenvalue weighted by molar-refractivity contribution is 7.16. The fourth-order valence-electron chi connectivity index (χ4n) is 5.32. The van der Waals surface area contributed by atoms with Gasteiger partial charge in [-0.2, -0.15) is 5.26 Å². The summed E-state index contributed by atoms with van der Waals surface area (Å²) in [6.45, 7) is 11.7. The molecule has 0 aromatic carbocycles. The molecule has 2 saturated heterocycles. The molecule has 158 valence electrons. The Morgan fingerprint density at radius 1 is 1.31 bits per heavy atom. The highest BCUT2D eigenvalue weighted by Crippen LogP contribution is 2.45. The lowest BCUT2D eigenvalue weighted by Gasteiger charge is -2.37. The molecule has 29 heavy (non-hydrogen) atoms. The lowest BCUT2D eigenvalue weighted by atomic mass is 9.69. The van der Waals surface area contributed by atoms with Crippen LogP contribution >= 0.6 is 11.3 Å². The van der Waals surface area contributed by atoms with Crippen LogP contribution in [0.1, 0.15) is 62.5 Å². The van der Waals surface area contributed by atoms with Crippen molar-refractivity contribution in [2.24, 2.45) is 11.3 Å². The van der Waals surface area contributed by atoms with Crippen LogP contribution in [0.25, 0.3) is 0 Å². The number of carbonyl (C=O) groups excluding carboxylic acids is 1. The van der Waals surface area contributed by atoms with E-state index >= 15 is 0 Å². The van der Waals surface area contributed by atoms with Crippen molar-refractivity contribution in [3.05, 3.63) is 16.0 Å². The van der Waals surface area contributed by atoms with Gasteiger partial charge < -0.3 is 5.32 Å². The van der Waals surface area contributed by atoms with Crippen molar-refractivity contribution in [3.8, 4) is 6.07 Å². The molecule has 3 aliphatic rings. The van der Waals surface area contributed by atoms with Gasteiger partial charge in [0.2, 0.25) is 5.91 Å². The Labute approximate surface area is 179 Å². The van der Waals surface area contributed by atoms with Gasteiger partial charge in [-0.15, -0.1) is 11.3 Å². The molecule has 2 unspecified atom stereocenters. The normalized spacial score (nSPS) is 25.3. The molecule has 0 saturated carbocycles. The summed E-state index contributed by atoms with van der Waals surface area (Å²) in [5.41, 5.74) is 2.22. The maximum absolute atomic E-state index is 12.8. The van der Waals surface area contributed by atoms with Crippen LogP contribution in [0.15, 0.2) is 0 Å². The number of fused-ring (bicyclic) bond motifs is 2. The van der Waals surface area contributed by atoms with Crippen LogP contribution < -0.4 is 5.32 Å². The van der Waals surface area contributed by atoms with Crippen molar-refractivity contribution in [1.29, 1.82) is 5.26 Å². The smallest absolute Gasteiger partial charge is 0.239 e. The third-order valence-electron chi connectivity index (χ3n) is 7.69. The molecule has 1 amide bonds. The van der Waals surface area contributed by atoms with E-state index in [2.05, 4.69) is 42.0 Å². The minimum Gasteiger partial charge on any atom is -0.315 e. The first-order chi connectivity index (χ1) is 13.9. The van der Waals surface area contributed by atoms with Crippen LogP contribution in [0.4, 0.5) is 5.00 Å². The average molecular weight is 415 g/mol. The molecule has 1 N–H and O–H groups in total. The molecule has 3 heterocycles.